The summed E-state index contributed by atoms with van der Waals surface area (Å²) in [7, 11) is 0. The Morgan fingerprint density at radius 3 is 2.76 bits per heavy atom. The summed E-state index contributed by atoms with van der Waals surface area (Å²) in [5.74, 6) is 0.551. The molecule has 2 heterocycles. The van der Waals surface area contributed by atoms with E-state index in [0.717, 1.165) is 0 Å². The number of hydrogen-bond donors (Lipinski definition) is 1. The van der Waals surface area contributed by atoms with E-state index in [9.17, 15) is 0 Å². The molecule has 86 valence electrons. The zero-order valence-electron chi connectivity index (χ0n) is 9.17. The van der Waals surface area contributed by atoms with E-state index >= 15 is 0 Å². The predicted molar refractivity (Wildman–Crippen MR) is 63.3 cm³/mol. The Balaban J connectivity index is 1.82. The Morgan fingerprint density at radius 1 is 1.18 bits per heavy atom. The van der Waals surface area contributed by atoms with Crippen molar-refractivity contribution in [3.05, 3.63) is 54.3 Å². The van der Waals surface area contributed by atoms with Crippen LogP contribution in [0.2, 0.25) is 0 Å². The second-order valence-corrected chi connectivity index (χ2v) is 3.97. The maximum absolute atomic E-state index is 6.06. The number of nitrogens with two attached hydrogens (primary N) is 1. The molecule has 1 unspecified atom stereocenters. The van der Waals surface area contributed by atoms with E-state index in [1.54, 1.807) is 6.26 Å². The molecule has 0 fully saturated rings. The maximum atomic E-state index is 6.06. The minimum Gasteiger partial charge on any atom is -0.466 e. The molecule has 1 atom stereocenters. The molecule has 0 saturated heterocycles. The van der Waals surface area contributed by atoms with E-state index in [2.05, 4.69) is 4.98 Å². The molecule has 4 nitrogen and oxygen atoms in total. The van der Waals surface area contributed by atoms with Crippen LogP contribution in [0.4, 0.5) is 0 Å². The molecule has 0 aliphatic heterocycles. The smallest absolute Gasteiger partial charge is 0.213 e. The van der Waals surface area contributed by atoms with Crippen molar-refractivity contribution in [3.63, 3.8) is 0 Å². The van der Waals surface area contributed by atoms with E-state index in [1.165, 1.54) is 11.8 Å². The number of fused-ring (bicyclic) bond motifs is 1. The summed E-state index contributed by atoms with van der Waals surface area (Å²) < 4.78 is 10.5. The van der Waals surface area contributed by atoms with Gasteiger partial charge in [0.25, 0.3) is 0 Å². The predicted octanol–water partition coefficient (Wildman–Crippen LogP) is 2.66. The van der Waals surface area contributed by atoms with E-state index in [-0.39, 0.29) is 6.04 Å². The molecule has 3 aromatic rings. The molecule has 0 bridgehead atoms. The van der Waals surface area contributed by atoms with Crippen molar-refractivity contribution in [1.29, 1.82) is 0 Å². The van der Waals surface area contributed by atoms with Crippen LogP contribution >= 0.6 is 0 Å². The Labute approximate surface area is 98.0 Å². The summed E-state index contributed by atoms with van der Waals surface area (Å²) >= 11 is 0. The molecular formula is C13H12N2O2. The second kappa shape index (κ2) is 4.07. The Morgan fingerprint density at radius 2 is 2.00 bits per heavy atom. The van der Waals surface area contributed by atoms with Gasteiger partial charge in [0, 0.05) is 0 Å². The Hall–Kier alpha value is -2.07. The van der Waals surface area contributed by atoms with Crippen molar-refractivity contribution in [2.24, 2.45) is 5.73 Å². The first-order chi connectivity index (χ1) is 8.33. The van der Waals surface area contributed by atoms with Gasteiger partial charge in [-0.05, 0) is 12.0 Å². The van der Waals surface area contributed by atoms with E-state index in [0.29, 0.717) is 23.4 Å². The van der Waals surface area contributed by atoms with Gasteiger partial charge in [-0.15, -0.1) is 0 Å². The molecule has 0 aliphatic rings. The lowest BCUT2D eigenvalue weighted by Gasteiger charge is -2.06. The highest BCUT2D eigenvalue weighted by Crippen LogP contribution is 2.21. The number of nitrogens with zero attached hydrogens (tertiary/aromatic N) is 1. The quantitative estimate of drug-likeness (QED) is 0.748. The monoisotopic (exact) mass is 228 g/mol. The highest BCUT2D eigenvalue weighted by atomic mass is 16.4. The number of furan rings is 1. The first kappa shape index (κ1) is 10.1. The normalized spacial score (nSPS) is 13.0. The molecule has 0 aliphatic carbocycles. The summed E-state index contributed by atoms with van der Waals surface area (Å²) in [5.41, 5.74) is 8.59. The third-order valence-electron chi connectivity index (χ3n) is 2.67. The minimum absolute atomic E-state index is 0.232. The highest BCUT2D eigenvalue weighted by Gasteiger charge is 2.15. The van der Waals surface area contributed by atoms with Crippen molar-refractivity contribution < 1.29 is 8.83 Å². The van der Waals surface area contributed by atoms with Crippen LogP contribution in [0, 0.1) is 0 Å². The van der Waals surface area contributed by atoms with Gasteiger partial charge in [-0.1, -0.05) is 30.3 Å². The Bertz CT molecular complexity index is 584. The van der Waals surface area contributed by atoms with Crippen LogP contribution in [-0.2, 0) is 6.42 Å². The van der Waals surface area contributed by atoms with Crippen LogP contribution in [0.25, 0.3) is 11.1 Å². The first-order valence-electron chi connectivity index (χ1n) is 5.45. The maximum Gasteiger partial charge on any atom is 0.213 e. The fourth-order valence-corrected chi connectivity index (χ4v) is 1.80. The second-order valence-electron chi connectivity index (χ2n) is 3.97. The first-order valence-corrected chi connectivity index (χ1v) is 5.45. The van der Waals surface area contributed by atoms with Crippen molar-refractivity contribution in [2.45, 2.75) is 12.5 Å². The minimum atomic E-state index is -0.232. The van der Waals surface area contributed by atoms with Gasteiger partial charge in [0.1, 0.15) is 18.0 Å². The summed E-state index contributed by atoms with van der Waals surface area (Å²) in [6.45, 7) is 0. The van der Waals surface area contributed by atoms with E-state index in [4.69, 9.17) is 14.6 Å². The van der Waals surface area contributed by atoms with Crippen LogP contribution < -0.4 is 5.73 Å². The van der Waals surface area contributed by atoms with E-state index < -0.39 is 0 Å². The standard InChI is InChI=1S/C13H12N2O2/c14-10(6-9-4-2-1-3-5-9)13-15-11-7-16-8-12(11)17-13/h1-5,7-8,10H,6,14H2. The molecule has 2 N–H and O–H groups in total. The van der Waals surface area contributed by atoms with Crippen molar-refractivity contribution >= 4 is 11.1 Å². The van der Waals surface area contributed by atoms with Crippen molar-refractivity contribution in [2.75, 3.05) is 0 Å². The molecule has 17 heavy (non-hydrogen) atoms. The van der Waals surface area contributed by atoms with Gasteiger partial charge in [0.05, 0.1) is 6.04 Å². The number of rotatable bonds is 3. The fraction of sp³-hybridized carbons (Fsp3) is 0.154. The van der Waals surface area contributed by atoms with Crippen molar-refractivity contribution in [3.8, 4) is 0 Å². The van der Waals surface area contributed by atoms with Gasteiger partial charge < -0.3 is 14.6 Å². The van der Waals surface area contributed by atoms with Gasteiger partial charge >= 0.3 is 0 Å². The zero-order chi connectivity index (χ0) is 11.7. The zero-order valence-corrected chi connectivity index (χ0v) is 9.17. The van der Waals surface area contributed by atoms with Gasteiger partial charge in [0.15, 0.2) is 5.58 Å². The average Bonchev–Trinajstić information content (AvgIpc) is 2.90. The summed E-state index contributed by atoms with van der Waals surface area (Å²) in [6.07, 6.45) is 3.79. The summed E-state index contributed by atoms with van der Waals surface area (Å²) in [6, 6.07) is 9.82. The van der Waals surface area contributed by atoms with Crippen LogP contribution in [0.1, 0.15) is 17.5 Å². The Kier molecular flexibility index (Phi) is 2.42. The summed E-state index contributed by atoms with van der Waals surface area (Å²) in [5, 5.41) is 0. The molecule has 0 radical (unpaired) electrons. The lowest BCUT2D eigenvalue weighted by atomic mass is 10.1. The van der Waals surface area contributed by atoms with Crippen LogP contribution in [0.3, 0.4) is 0 Å². The third kappa shape index (κ3) is 1.94. The lowest BCUT2D eigenvalue weighted by Crippen LogP contribution is -2.13. The van der Waals surface area contributed by atoms with Crippen LogP contribution in [-0.4, -0.2) is 4.98 Å². The van der Waals surface area contributed by atoms with Gasteiger partial charge in [0.2, 0.25) is 5.89 Å². The molecule has 0 spiro atoms. The number of hydrogen-bond acceptors (Lipinski definition) is 4. The number of oxazole rings is 1. The van der Waals surface area contributed by atoms with Gasteiger partial charge in [-0.25, -0.2) is 4.98 Å². The number of benzene rings is 1. The fourth-order valence-electron chi connectivity index (χ4n) is 1.80. The SMILES string of the molecule is NC(Cc1ccccc1)c1nc2cocc2o1. The van der Waals surface area contributed by atoms with E-state index in [1.807, 2.05) is 30.3 Å². The largest absolute Gasteiger partial charge is 0.466 e. The molecule has 0 amide bonds. The molecule has 0 saturated carbocycles. The topological polar surface area (TPSA) is 65.2 Å². The average molecular weight is 228 g/mol. The molecular weight excluding hydrogens is 216 g/mol. The number of aromatic nitrogens is 1. The summed E-state index contributed by atoms with van der Waals surface area (Å²) in [4.78, 5) is 4.28. The van der Waals surface area contributed by atoms with Crippen LogP contribution in [0.5, 0.6) is 0 Å². The van der Waals surface area contributed by atoms with Gasteiger partial charge in [-0.3, -0.25) is 0 Å². The van der Waals surface area contributed by atoms with Gasteiger partial charge in [-0.2, -0.15) is 0 Å². The molecule has 3 rings (SSSR count). The molecule has 1 aromatic carbocycles. The van der Waals surface area contributed by atoms with Crippen LogP contribution in [0.15, 0.2) is 51.7 Å². The lowest BCUT2D eigenvalue weighted by molar-refractivity contribution is 0.463. The highest BCUT2D eigenvalue weighted by molar-refractivity contribution is 5.70. The molecule has 4 heteroatoms. The van der Waals surface area contributed by atoms with Crippen molar-refractivity contribution in [1.82, 2.24) is 4.98 Å². The third-order valence-corrected chi connectivity index (χ3v) is 2.67. The molecule has 2 aromatic heterocycles.